The van der Waals surface area contributed by atoms with Crippen molar-refractivity contribution >= 4 is 164 Å². The molecule has 6 aromatic heterocycles. The third kappa shape index (κ3) is 43.4. The minimum absolute atomic E-state index is 0. The van der Waals surface area contributed by atoms with Crippen molar-refractivity contribution < 1.29 is 172 Å². The van der Waals surface area contributed by atoms with E-state index in [1.165, 1.54) is 66.7 Å². The summed E-state index contributed by atoms with van der Waals surface area (Å²) >= 11 is 23.6. The second-order valence-corrected chi connectivity index (χ2v) is 36.9. The van der Waals surface area contributed by atoms with Crippen LogP contribution in [-0.4, -0.2) is 64.1 Å². The molecule has 15 rings (SSSR count). The molecule has 0 radical (unpaired) electrons. The van der Waals surface area contributed by atoms with Crippen molar-refractivity contribution in [1.29, 1.82) is 0 Å². The summed E-state index contributed by atoms with van der Waals surface area (Å²) < 4.78 is 259. The van der Waals surface area contributed by atoms with Crippen molar-refractivity contribution in [3.63, 3.8) is 0 Å². The molecule has 2 N–H and O–H groups in total. The SMILES string of the molecule is C=CC.C=Cc1cnc(C)c(Oc2cccc(C(F)(F)F)c2)c1.Cc1ncc(Br)cc1O.Cc1ncc(Br)cc1Oc1cccc(C(F)(F)F)c1.Cc1ncc(C2CC(Br)=NO2)cc1Oc1cccc(C(F)(F)F)c1.Cc1ncc([C@@H]2CC(Br)=NO2)cc1Oc1cccc(C(F)(F)F)c1.Cc1ncc([C@H]2CC(Br)=NO2)cc1Oc1cccc(C(F)(F)F)c1.FC(F)(F)c1cccc(I)c1.O=CO[O-].ON=C(Br)Br.[Na+]. The molecule has 3 aliphatic rings. The van der Waals surface area contributed by atoms with Gasteiger partial charge in [0.05, 0.1) is 67.5 Å². The number of carbonyl (C=O) groups is 1. The summed E-state index contributed by atoms with van der Waals surface area (Å²) in [6, 6.07) is 38.9. The maximum absolute atomic E-state index is 12.8. The van der Waals surface area contributed by atoms with Crippen LogP contribution in [0.4, 0.5) is 79.0 Å². The first kappa shape index (κ1) is 124. The normalized spacial score (nSPS) is 13.7. The molecule has 23 nitrogen and oxygen atoms in total. The fourth-order valence-corrected chi connectivity index (χ4v) is 13.1. The topological polar surface area (TPSA) is 290 Å². The zero-order valence-electron chi connectivity index (χ0n) is 75.5. The number of aromatic nitrogens is 6. The quantitative estimate of drug-likeness (QED) is 0.0111. The first-order chi connectivity index (χ1) is 67.0. The molecule has 0 spiro atoms. The van der Waals surface area contributed by atoms with E-state index >= 15 is 0 Å². The van der Waals surface area contributed by atoms with Gasteiger partial charge in [-0.2, -0.15) is 79.0 Å². The van der Waals surface area contributed by atoms with Crippen LogP contribution in [0.2, 0.25) is 0 Å². The fraction of sp³-hybridized carbons (Fsp3) is 0.202. The van der Waals surface area contributed by atoms with Gasteiger partial charge in [0.15, 0.2) is 21.8 Å². The van der Waals surface area contributed by atoms with E-state index in [1.54, 1.807) is 133 Å². The molecular formula is C94H75Br7F18IN10NaO13. The summed E-state index contributed by atoms with van der Waals surface area (Å²) in [5.41, 5.74) is 2.09. The number of hydrogen-bond donors (Lipinski definition) is 2. The van der Waals surface area contributed by atoms with Gasteiger partial charge in [-0.3, -0.25) is 34.7 Å². The zero-order valence-corrected chi connectivity index (χ0v) is 90.7. The van der Waals surface area contributed by atoms with Crippen LogP contribution in [0.3, 0.4) is 0 Å². The summed E-state index contributed by atoms with van der Waals surface area (Å²) in [4.78, 5) is 51.7. The Balaban J connectivity index is 0.000000294. The molecule has 0 bridgehead atoms. The molecule has 762 valence electrons. The summed E-state index contributed by atoms with van der Waals surface area (Å²) in [6.07, 6.45) is -12.3. The van der Waals surface area contributed by atoms with Crippen molar-refractivity contribution in [1.82, 2.24) is 29.9 Å². The Morgan fingerprint density at radius 1 is 0.403 bits per heavy atom. The number of aryl methyl sites for hydroxylation is 6. The monoisotopic (exact) mass is 2600 g/mol. The van der Waals surface area contributed by atoms with Gasteiger partial charge < -0.3 is 58.7 Å². The number of rotatable bonds is 15. The summed E-state index contributed by atoms with van der Waals surface area (Å²) in [5.74, 6) is 2.68. The van der Waals surface area contributed by atoms with E-state index in [-0.39, 0.29) is 88.8 Å². The third-order valence-corrected chi connectivity index (χ3v) is 21.0. The summed E-state index contributed by atoms with van der Waals surface area (Å²) in [7, 11) is 0. The van der Waals surface area contributed by atoms with Gasteiger partial charge in [-0.15, -0.1) is 6.58 Å². The molecule has 3 aliphatic heterocycles. The zero-order chi connectivity index (χ0) is 106. The number of oxime groups is 4. The van der Waals surface area contributed by atoms with Crippen LogP contribution in [0, 0.1) is 45.1 Å². The molecule has 0 saturated heterocycles. The Labute approximate surface area is 905 Å². The number of pyridine rings is 6. The van der Waals surface area contributed by atoms with E-state index in [9.17, 15) is 79.0 Å². The van der Waals surface area contributed by atoms with Gasteiger partial charge in [-0.05, 0) is 334 Å². The number of benzene rings is 6. The molecule has 6 aromatic carbocycles. The Morgan fingerprint density at radius 3 is 0.861 bits per heavy atom. The van der Waals surface area contributed by atoms with Gasteiger partial charge in [0.2, 0.25) is 0 Å². The van der Waals surface area contributed by atoms with Crippen LogP contribution in [0.15, 0.2) is 268 Å². The van der Waals surface area contributed by atoms with E-state index in [2.05, 4.69) is 180 Å². The minimum Gasteiger partial charge on any atom is -0.662 e. The largest absolute Gasteiger partial charge is 1.00 e. The van der Waals surface area contributed by atoms with Gasteiger partial charge in [0.1, 0.15) is 77.1 Å². The van der Waals surface area contributed by atoms with E-state index < -0.39 is 70.4 Å². The average Bonchev–Trinajstić information content (AvgIpc) is 1.80. The van der Waals surface area contributed by atoms with E-state index in [4.69, 9.17) is 58.6 Å². The van der Waals surface area contributed by atoms with Crippen molar-refractivity contribution in [2.24, 2.45) is 20.6 Å². The maximum Gasteiger partial charge on any atom is 1.00 e. The number of allylic oxidation sites excluding steroid dienone is 1. The molecule has 0 aliphatic carbocycles. The van der Waals surface area contributed by atoms with Crippen molar-refractivity contribution in [2.45, 2.75) is 123 Å². The molecule has 144 heavy (non-hydrogen) atoms. The standard InChI is InChI=1S/3C16H12BrF3N2O2.C15H12F3NO.C13H9BrF3NO.C7H4F3I.C6H6BrNO.C3H6.CHBr2NO.CH2O3.Na/c3*1-9-13(5-10(8-21-9)14-7-15(17)22-24-14)23-12-4-2-3-11(6-12)16(18,19)20;1-3-11-7-14(10(2)19-9-11)20-13-6-4-5-12(8-13)15(16,17)18;1-8-12(6-10(14)7-18-8)19-11-4-2-3-9(5-11)13(15,16)17;8-7(9,10)5-2-1-3-6(11)4-5;1-4-6(9)2-5(7)3-8-4;1-3-2;2-1(3)4-5;2-1-4-3;/h3*2-6,8,14H,7H2,1H3;3-9H,1H2,2H3;2-7H,1H3;1-4H;2-3,9H,1H3;3H,1H2,2H3;5H;1,3H;/q;;;;;;;;;;+1/p-1/t2*14-;;;;;;;;;/m10........./s1. The maximum atomic E-state index is 12.8. The third-order valence-electron chi connectivity index (χ3n) is 17.7. The molecule has 12 aromatic rings. The van der Waals surface area contributed by atoms with Gasteiger partial charge >= 0.3 is 66.6 Å². The van der Waals surface area contributed by atoms with E-state index in [0.717, 1.165) is 99.5 Å². The fourth-order valence-electron chi connectivity index (χ4n) is 10.8. The smallest absolute Gasteiger partial charge is 0.662 e. The average molecular weight is 2600 g/mol. The second-order valence-electron chi connectivity index (χ2n) is 28.5. The van der Waals surface area contributed by atoms with Crippen LogP contribution >= 0.6 is 134 Å². The van der Waals surface area contributed by atoms with Crippen LogP contribution in [0.1, 0.15) is 134 Å². The number of ether oxygens (including phenoxy) is 5. The molecule has 0 amide bonds. The Hall–Kier alpha value is -10.4. The van der Waals surface area contributed by atoms with Gasteiger partial charge in [-0.25, -0.2) is 0 Å². The summed E-state index contributed by atoms with van der Waals surface area (Å²) in [5, 5.41) is 39.1. The van der Waals surface area contributed by atoms with Gasteiger partial charge in [-0.1, -0.05) is 75.8 Å². The van der Waals surface area contributed by atoms with Gasteiger partial charge in [0, 0.05) is 85.6 Å². The second kappa shape index (κ2) is 58.8. The predicted molar refractivity (Wildman–Crippen MR) is 527 cm³/mol. The molecule has 0 saturated carbocycles. The molecular weight excluding hydrogens is 2530 g/mol. The number of hydrogen-bond acceptors (Lipinski definition) is 23. The number of nitrogens with zero attached hydrogens (tertiary/aromatic N) is 10. The van der Waals surface area contributed by atoms with E-state index in [1.807, 2.05) is 29.5 Å². The first-order valence-electron chi connectivity index (χ1n) is 40.0. The van der Waals surface area contributed by atoms with Gasteiger partial charge in [0.25, 0.3) is 6.47 Å². The van der Waals surface area contributed by atoms with Crippen LogP contribution in [-0.2, 0) is 61.3 Å². The Kier molecular flexibility index (Phi) is 50.7. The van der Waals surface area contributed by atoms with Crippen LogP contribution in [0.25, 0.3) is 6.08 Å². The molecule has 1 unspecified atom stereocenters. The molecule has 50 heteroatoms. The first-order valence-corrected chi connectivity index (χ1v) is 46.6. The molecule has 3 atom stereocenters. The van der Waals surface area contributed by atoms with Crippen molar-refractivity contribution in [3.8, 4) is 63.2 Å². The van der Waals surface area contributed by atoms with Crippen LogP contribution < -0.4 is 58.5 Å². The molecule has 0 fully saturated rings. The predicted octanol–water partition coefficient (Wildman–Crippen LogP) is 29.2. The van der Waals surface area contributed by atoms with Crippen molar-refractivity contribution in [3.05, 3.63) is 341 Å². The van der Waals surface area contributed by atoms with E-state index in [0.29, 0.717) is 108 Å². The number of carbonyl (C=O) groups excluding carboxylic acids is 1. The van der Waals surface area contributed by atoms with Crippen LogP contribution in [0.5, 0.6) is 63.2 Å². The Bertz CT molecular complexity index is 6080. The summed E-state index contributed by atoms with van der Waals surface area (Å²) in [6.45, 7) is 19.0. The number of aromatic hydroxyl groups is 1. The number of alkyl halides is 18. The number of halogens is 26. The minimum atomic E-state index is -4.42. The van der Waals surface area contributed by atoms with Crippen molar-refractivity contribution in [2.75, 3.05) is 0 Å². The Morgan fingerprint density at radius 2 is 0.639 bits per heavy atom. The molecule has 9 heterocycles.